The lowest BCUT2D eigenvalue weighted by atomic mass is 10.2. The number of hydrogen-bond acceptors (Lipinski definition) is 5. The molecule has 0 aliphatic heterocycles. The predicted molar refractivity (Wildman–Crippen MR) is 87.4 cm³/mol. The largest absolute Gasteiger partial charge is 0.234 e. The van der Waals surface area contributed by atoms with Gasteiger partial charge in [-0.15, -0.1) is 5.10 Å². The Morgan fingerprint density at radius 2 is 1.83 bits per heavy atom. The topological polar surface area (TPSA) is 69.4 Å². The molecule has 118 valence electrons. The number of nitrogens with zero attached hydrogens (tertiary/aromatic N) is 6. The van der Waals surface area contributed by atoms with E-state index >= 15 is 0 Å². The van der Waals surface area contributed by atoms with Gasteiger partial charge in [-0.25, -0.2) is 15.0 Å². The average molecular weight is 341 g/mol. The Bertz CT molecular complexity index is 1060. The van der Waals surface area contributed by atoms with Crippen LogP contribution in [-0.4, -0.2) is 29.9 Å². The van der Waals surface area contributed by atoms with Gasteiger partial charge in [0.05, 0.1) is 22.3 Å². The van der Waals surface area contributed by atoms with E-state index in [-0.39, 0.29) is 0 Å². The first-order valence-electron chi connectivity index (χ1n) is 7.10. The fraction of sp³-hybridized carbons (Fsp3) is 0.0625. The van der Waals surface area contributed by atoms with Gasteiger partial charge in [0.2, 0.25) is 5.95 Å². The fourth-order valence-electron chi connectivity index (χ4n) is 2.45. The molecule has 6 nitrogen and oxygen atoms in total. The van der Waals surface area contributed by atoms with Gasteiger partial charge in [-0.1, -0.05) is 16.8 Å². The number of rotatable bonds is 2. The third-order valence-corrected chi connectivity index (χ3v) is 3.83. The van der Waals surface area contributed by atoms with E-state index in [0.717, 1.165) is 0 Å². The minimum Gasteiger partial charge on any atom is -0.234 e. The first-order chi connectivity index (χ1) is 11.6. The molecule has 0 saturated heterocycles. The van der Waals surface area contributed by atoms with E-state index in [1.807, 2.05) is 0 Å². The van der Waals surface area contributed by atoms with Crippen molar-refractivity contribution < 1.29 is 4.39 Å². The van der Waals surface area contributed by atoms with Crippen molar-refractivity contribution in [2.75, 3.05) is 0 Å². The molecule has 24 heavy (non-hydrogen) atoms. The highest BCUT2D eigenvalue weighted by molar-refractivity contribution is 6.29. The minimum absolute atomic E-state index is 0.301. The van der Waals surface area contributed by atoms with Crippen molar-refractivity contribution in [1.29, 1.82) is 0 Å². The zero-order valence-electron chi connectivity index (χ0n) is 12.5. The molecule has 0 amide bonds. The van der Waals surface area contributed by atoms with Crippen molar-refractivity contribution in [2.24, 2.45) is 0 Å². The van der Waals surface area contributed by atoms with Crippen LogP contribution in [0.5, 0.6) is 0 Å². The quantitative estimate of drug-likeness (QED) is 0.523. The van der Waals surface area contributed by atoms with Crippen molar-refractivity contribution in [2.45, 2.75) is 6.92 Å². The number of aromatic nitrogens is 6. The van der Waals surface area contributed by atoms with Crippen molar-refractivity contribution in [1.82, 2.24) is 29.9 Å². The molecule has 0 bridgehead atoms. The Hall–Kier alpha value is -2.93. The number of halogens is 2. The molecule has 0 N–H and O–H groups in total. The number of fused-ring (bicyclic) bond motifs is 1. The first kappa shape index (κ1) is 14.6. The third-order valence-electron chi connectivity index (χ3n) is 3.62. The van der Waals surface area contributed by atoms with E-state index < -0.39 is 5.95 Å². The van der Waals surface area contributed by atoms with Crippen LogP contribution >= 0.6 is 11.6 Å². The highest BCUT2D eigenvalue weighted by atomic mass is 35.5. The van der Waals surface area contributed by atoms with Gasteiger partial charge in [0.15, 0.2) is 5.82 Å². The molecule has 0 spiro atoms. The molecular weight excluding hydrogens is 331 g/mol. The minimum atomic E-state index is -0.585. The Kier molecular flexibility index (Phi) is 3.42. The molecule has 4 aromatic heterocycles. The number of pyridine rings is 3. The van der Waals surface area contributed by atoms with Crippen LogP contribution in [0.2, 0.25) is 5.15 Å². The summed E-state index contributed by atoms with van der Waals surface area (Å²) < 4.78 is 15.4. The third kappa shape index (κ3) is 2.39. The van der Waals surface area contributed by atoms with E-state index in [9.17, 15) is 4.39 Å². The van der Waals surface area contributed by atoms with Crippen LogP contribution in [0.3, 0.4) is 0 Å². The smallest absolute Gasteiger partial charge is 0.222 e. The molecule has 0 fully saturated rings. The second-order valence-corrected chi connectivity index (χ2v) is 5.51. The standard InChI is InChI=1S/C16H10ClFN6/c1-9-15(10-3-2-8-19-16(10)18)22-23-24(9)14-7-5-11-12(21-14)4-6-13(17)20-11/h2-8H,1H3. The maximum Gasteiger partial charge on any atom is 0.222 e. The molecule has 0 aliphatic carbocycles. The van der Waals surface area contributed by atoms with E-state index in [2.05, 4.69) is 25.3 Å². The van der Waals surface area contributed by atoms with E-state index in [4.69, 9.17) is 11.6 Å². The summed E-state index contributed by atoms with van der Waals surface area (Å²) in [6.45, 7) is 1.80. The molecule has 0 aliphatic rings. The average Bonchev–Trinajstić information content (AvgIpc) is 2.96. The second kappa shape index (κ2) is 5.61. The van der Waals surface area contributed by atoms with Gasteiger partial charge in [0.25, 0.3) is 0 Å². The van der Waals surface area contributed by atoms with Gasteiger partial charge in [0.1, 0.15) is 10.8 Å². The zero-order chi connectivity index (χ0) is 16.7. The molecule has 4 heterocycles. The Morgan fingerprint density at radius 3 is 2.67 bits per heavy atom. The molecule has 4 rings (SSSR count). The molecule has 4 aromatic rings. The van der Waals surface area contributed by atoms with Crippen LogP contribution in [-0.2, 0) is 0 Å². The van der Waals surface area contributed by atoms with E-state index in [0.29, 0.717) is 39.0 Å². The Labute approximate surface area is 141 Å². The van der Waals surface area contributed by atoms with Crippen molar-refractivity contribution in [3.63, 3.8) is 0 Å². The lowest BCUT2D eigenvalue weighted by molar-refractivity contribution is 0.587. The monoisotopic (exact) mass is 340 g/mol. The second-order valence-electron chi connectivity index (χ2n) is 5.12. The Balaban J connectivity index is 1.83. The molecule has 0 unspecified atom stereocenters. The normalized spacial score (nSPS) is 11.1. The molecule has 0 atom stereocenters. The van der Waals surface area contributed by atoms with Gasteiger partial charge < -0.3 is 0 Å². The molecular formula is C16H10ClFN6. The van der Waals surface area contributed by atoms with Gasteiger partial charge in [-0.3, -0.25) is 0 Å². The maximum absolute atomic E-state index is 13.9. The summed E-state index contributed by atoms with van der Waals surface area (Å²) in [5.41, 5.74) is 2.76. The summed E-state index contributed by atoms with van der Waals surface area (Å²) in [5, 5.41) is 8.57. The van der Waals surface area contributed by atoms with Crippen LogP contribution in [0.1, 0.15) is 5.69 Å². The van der Waals surface area contributed by atoms with E-state index in [1.165, 1.54) is 6.20 Å². The summed E-state index contributed by atoms with van der Waals surface area (Å²) >= 11 is 5.88. The zero-order valence-corrected chi connectivity index (χ0v) is 13.2. The summed E-state index contributed by atoms with van der Waals surface area (Å²) in [6, 6.07) is 10.3. The van der Waals surface area contributed by atoms with Gasteiger partial charge >= 0.3 is 0 Å². The predicted octanol–water partition coefficient (Wildman–Crippen LogP) is 3.37. The molecule has 0 aromatic carbocycles. The summed E-state index contributed by atoms with van der Waals surface area (Å²) in [5.74, 6) is -0.0230. The lowest BCUT2D eigenvalue weighted by Gasteiger charge is -2.05. The number of hydrogen-bond donors (Lipinski definition) is 0. The summed E-state index contributed by atoms with van der Waals surface area (Å²) in [6.07, 6.45) is 1.39. The van der Waals surface area contributed by atoms with Crippen LogP contribution in [0.25, 0.3) is 28.1 Å². The van der Waals surface area contributed by atoms with Crippen LogP contribution in [0.15, 0.2) is 42.6 Å². The lowest BCUT2D eigenvalue weighted by Crippen LogP contribution is -2.02. The molecule has 0 saturated carbocycles. The fourth-order valence-corrected chi connectivity index (χ4v) is 2.60. The highest BCUT2D eigenvalue weighted by Crippen LogP contribution is 2.24. The van der Waals surface area contributed by atoms with Crippen molar-refractivity contribution in [3.05, 3.63) is 59.4 Å². The summed E-state index contributed by atoms with van der Waals surface area (Å²) in [7, 11) is 0. The van der Waals surface area contributed by atoms with Gasteiger partial charge in [-0.05, 0) is 43.3 Å². The van der Waals surface area contributed by atoms with Crippen molar-refractivity contribution in [3.8, 4) is 17.1 Å². The SMILES string of the molecule is Cc1c(-c2cccnc2F)nnn1-c1ccc2nc(Cl)ccc2n1. The molecule has 8 heteroatoms. The van der Waals surface area contributed by atoms with Crippen molar-refractivity contribution >= 4 is 22.6 Å². The van der Waals surface area contributed by atoms with E-state index in [1.54, 1.807) is 48.0 Å². The molecule has 0 radical (unpaired) electrons. The van der Waals surface area contributed by atoms with Crippen LogP contribution < -0.4 is 0 Å². The first-order valence-corrected chi connectivity index (χ1v) is 7.48. The maximum atomic E-state index is 13.9. The van der Waals surface area contributed by atoms with Crippen LogP contribution in [0, 0.1) is 12.9 Å². The Morgan fingerprint density at radius 1 is 1.04 bits per heavy atom. The summed E-state index contributed by atoms with van der Waals surface area (Å²) in [4.78, 5) is 12.4. The highest BCUT2D eigenvalue weighted by Gasteiger charge is 2.16. The van der Waals surface area contributed by atoms with Crippen LogP contribution in [0.4, 0.5) is 4.39 Å². The van der Waals surface area contributed by atoms with Gasteiger partial charge in [0, 0.05) is 6.20 Å². The van der Waals surface area contributed by atoms with Gasteiger partial charge in [-0.2, -0.15) is 9.07 Å².